The Kier molecular flexibility index (Phi) is 10.5. The molecule has 1 aliphatic heterocycles. The number of esters is 1. The van der Waals surface area contributed by atoms with Gasteiger partial charge in [0.1, 0.15) is 6.10 Å². The molecule has 0 aromatic carbocycles. The summed E-state index contributed by atoms with van der Waals surface area (Å²) in [4.78, 5) is 12.7. The molecule has 2 atom stereocenters. The minimum atomic E-state index is 0.151. The molecule has 3 aliphatic rings. The molecule has 1 saturated heterocycles. The van der Waals surface area contributed by atoms with Gasteiger partial charge >= 0.3 is 5.97 Å². The summed E-state index contributed by atoms with van der Waals surface area (Å²) in [6.45, 7) is 4.56. The van der Waals surface area contributed by atoms with E-state index in [4.69, 9.17) is 4.74 Å². The smallest absolute Gasteiger partial charge is 0.309 e. The molecule has 174 valence electrons. The standard InChI is InChI=1S/C28H50O2/c1-3-5-7-9-11-26-20-21-27(28(29)30-26)25-18-16-24(17-19-25)23-14-12-22(13-15-23)10-8-6-4-2/h22-27H,3-21H2,1-2H3. The van der Waals surface area contributed by atoms with Crippen LogP contribution in [0.2, 0.25) is 0 Å². The fraction of sp³-hybridized carbons (Fsp3) is 0.964. The van der Waals surface area contributed by atoms with Gasteiger partial charge in [0.15, 0.2) is 0 Å². The van der Waals surface area contributed by atoms with E-state index in [1.165, 1.54) is 103 Å². The van der Waals surface area contributed by atoms with Crippen molar-refractivity contribution in [3.05, 3.63) is 0 Å². The average Bonchev–Trinajstić information content (AvgIpc) is 2.78. The van der Waals surface area contributed by atoms with E-state index >= 15 is 0 Å². The average molecular weight is 419 g/mol. The van der Waals surface area contributed by atoms with E-state index in [1.54, 1.807) is 0 Å². The lowest BCUT2D eigenvalue weighted by molar-refractivity contribution is -0.164. The van der Waals surface area contributed by atoms with Gasteiger partial charge in [-0.05, 0) is 87.9 Å². The fourth-order valence-corrected chi connectivity index (χ4v) is 6.87. The molecule has 2 unspecified atom stereocenters. The van der Waals surface area contributed by atoms with Crippen molar-refractivity contribution in [2.75, 3.05) is 0 Å². The maximum absolute atomic E-state index is 12.7. The van der Waals surface area contributed by atoms with Crippen molar-refractivity contribution in [2.24, 2.45) is 29.6 Å². The normalized spacial score (nSPS) is 35.2. The summed E-state index contributed by atoms with van der Waals surface area (Å²) in [5.41, 5.74) is 0. The van der Waals surface area contributed by atoms with Gasteiger partial charge in [-0.1, -0.05) is 71.6 Å². The molecule has 0 bridgehead atoms. The van der Waals surface area contributed by atoms with Crippen LogP contribution in [0.4, 0.5) is 0 Å². The molecule has 0 N–H and O–H groups in total. The molecule has 2 nitrogen and oxygen atoms in total. The van der Waals surface area contributed by atoms with E-state index in [1.807, 2.05) is 0 Å². The van der Waals surface area contributed by atoms with Crippen molar-refractivity contribution in [1.82, 2.24) is 0 Å². The molecular weight excluding hydrogens is 368 g/mol. The van der Waals surface area contributed by atoms with Crippen molar-refractivity contribution in [1.29, 1.82) is 0 Å². The number of carbonyl (C=O) groups excluding carboxylic acids is 1. The van der Waals surface area contributed by atoms with Crippen molar-refractivity contribution in [3.63, 3.8) is 0 Å². The van der Waals surface area contributed by atoms with Gasteiger partial charge in [-0.25, -0.2) is 0 Å². The number of carbonyl (C=O) groups is 1. The fourth-order valence-electron chi connectivity index (χ4n) is 6.87. The lowest BCUT2D eigenvalue weighted by Crippen LogP contribution is -2.37. The van der Waals surface area contributed by atoms with Crippen LogP contribution >= 0.6 is 0 Å². The van der Waals surface area contributed by atoms with Crippen LogP contribution in [-0.4, -0.2) is 12.1 Å². The molecule has 1 heterocycles. The van der Waals surface area contributed by atoms with Gasteiger partial charge in [-0.3, -0.25) is 4.79 Å². The first-order chi connectivity index (χ1) is 14.7. The van der Waals surface area contributed by atoms with Gasteiger partial charge in [0, 0.05) is 0 Å². The molecule has 0 aromatic heterocycles. The highest BCUT2D eigenvalue weighted by Crippen LogP contribution is 2.45. The molecule has 0 amide bonds. The Labute approximate surface area is 187 Å². The summed E-state index contributed by atoms with van der Waals surface area (Å²) in [6.07, 6.45) is 25.6. The van der Waals surface area contributed by atoms with Crippen molar-refractivity contribution in [2.45, 2.75) is 142 Å². The second-order valence-electron chi connectivity index (χ2n) is 11.0. The third kappa shape index (κ3) is 7.27. The van der Waals surface area contributed by atoms with E-state index in [9.17, 15) is 4.79 Å². The Morgan fingerprint density at radius 1 is 0.633 bits per heavy atom. The molecule has 3 rings (SSSR count). The number of hydrogen-bond acceptors (Lipinski definition) is 2. The second kappa shape index (κ2) is 13.1. The second-order valence-corrected chi connectivity index (χ2v) is 11.0. The van der Waals surface area contributed by atoms with Crippen molar-refractivity contribution < 1.29 is 9.53 Å². The summed E-state index contributed by atoms with van der Waals surface area (Å²) < 4.78 is 5.89. The molecular formula is C28H50O2. The molecule has 0 radical (unpaired) electrons. The zero-order valence-corrected chi connectivity index (χ0v) is 20.2. The van der Waals surface area contributed by atoms with Gasteiger partial charge in [-0.2, -0.15) is 0 Å². The molecule has 30 heavy (non-hydrogen) atoms. The van der Waals surface area contributed by atoms with E-state index in [-0.39, 0.29) is 18.0 Å². The zero-order valence-electron chi connectivity index (χ0n) is 20.2. The molecule has 3 fully saturated rings. The molecule has 2 heteroatoms. The predicted octanol–water partition coefficient (Wildman–Crippen LogP) is 8.47. The largest absolute Gasteiger partial charge is 0.462 e. The number of ether oxygens (including phenoxy) is 1. The third-order valence-corrected chi connectivity index (χ3v) is 8.92. The van der Waals surface area contributed by atoms with Gasteiger partial charge in [0.25, 0.3) is 0 Å². The minimum absolute atomic E-state index is 0.151. The van der Waals surface area contributed by atoms with Crippen LogP contribution in [-0.2, 0) is 9.53 Å². The Morgan fingerprint density at radius 3 is 1.83 bits per heavy atom. The summed E-state index contributed by atoms with van der Waals surface area (Å²) in [6, 6.07) is 0. The molecule has 2 saturated carbocycles. The maximum atomic E-state index is 12.7. The van der Waals surface area contributed by atoms with Crippen LogP contribution in [0, 0.1) is 29.6 Å². The van der Waals surface area contributed by atoms with Crippen LogP contribution in [0.5, 0.6) is 0 Å². The van der Waals surface area contributed by atoms with E-state index in [0.29, 0.717) is 5.92 Å². The Bertz CT molecular complexity index is 471. The summed E-state index contributed by atoms with van der Waals surface area (Å²) in [5.74, 6) is 3.93. The topological polar surface area (TPSA) is 26.3 Å². The van der Waals surface area contributed by atoms with E-state index in [0.717, 1.165) is 37.0 Å². The number of hydrogen-bond donors (Lipinski definition) is 0. The lowest BCUT2D eigenvalue weighted by atomic mass is 9.66. The number of rotatable bonds is 11. The SMILES string of the molecule is CCCCCCC1CCC(C2CCC(C3CCC(CCCCC)CC3)CC2)C(=O)O1. The zero-order chi connectivity index (χ0) is 21.2. The molecule has 0 spiro atoms. The van der Waals surface area contributed by atoms with Gasteiger partial charge in [-0.15, -0.1) is 0 Å². The first-order valence-electron chi connectivity index (χ1n) is 13.9. The minimum Gasteiger partial charge on any atom is -0.462 e. The van der Waals surface area contributed by atoms with Crippen LogP contribution < -0.4 is 0 Å². The molecule has 2 aliphatic carbocycles. The maximum Gasteiger partial charge on any atom is 0.309 e. The van der Waals surface area contributed by atoms with Gasteiger partial charge in [0.05, 0.1) is 5.92 Å². The van der Waals surface area contributed by atoms with Crippen LogP contribution in [0.1, 0.15) is 136 Å². The lowest BCUT2D eigenvalue weighted by Gasteiger charge is -2.40. The monoisotopic (exact) mass is 418 g/mol. The van der Waals surface area contributed by atoms with Crippen LogP contribution in [0.25, 0.3) is 0 Å². The summed E-state index contributed by atoms with van der Waals surface area (Å²) in [5, 5.41) is 0. The quantitative estimate of drug-likeness (QED) is 0.248. The first-order valence-corrected chi connectivity index (χ1v) is 13.9. The summed E-state index contributed by atoms with van der Waals surface area (Å²) in [7, 11) is 0. The highest BCUT2D eigenvalue weighted by Gasteiger charge is 2.39. The van der Waals surface area contributed by atoms with Crippen molar-refractivity contribution in [3.8, 4) is 0 Å². The highest BCUT2D eigenvalue weighted by molar-refractivity contribution is 5.73. The Hall–Kier alpha value is -0.530. The Balaban J connectivity index is 1.32. The van der Waals surface area contributed by atoms with Crippen LogP contribution in [0.15, 0.2) is 0 Å². The predicted molar refractivity (Wildman–Crippen MR) is 126 cm³/mol. The van der Waals surface area contributed by atoms with Gasteiger partial charge in [0.2, 0.25) is 0 Å². The number of unbranched alkanes of at least 4 members (excludes halogenated alkanes) is 5. The summed E-state index contributed by atoms with van der Waals surface area (Å²) >= 11 is 0. The van der Waals surface area contributed by atoms with E-state index < -0.39 is 0 Å². The van der Waals surface area contributed by atoms with Crippen LogP contribution in [0.3, 0.4) is 0 Å². The number of cyclic esters (lactones) is 1. The molecule has 0 aromatic rings. The van der Waals surface area contributed by atoms with Gasteiger partial charge < -0.3 is 4.74 Å². The first kappa shape index (κ1) is 24.1. The Morgan fingerprint density at radius 2 is 1.20 bits per heavy atom. The highest BCUT2D eigenvalue weighted by atomic mass is 16.5. The van der Waals surface area contributed by atoms with E-state index in [2.05, 4.69) is 13.8 Å². The van der Waals surface area contributed by atoms with Crippen molar-refractivity contribution >= 4 is 5.97 Å². The third-order valence-electron chi connectivity index (χ3n) is 8.92.